The molecule has 0 radical (unpaired) electrons. The number of carbonyl (C=O) groups is 1. The minimum absolute atomic E-state index is 0.132. The molecule has 0 fully saturated rings. The lowest BCUT2D eigenvalue weighted by molar-refractivity contribution is -0.119. The van der Waals surface area contributed by atoms with E-state index in [1.165, 1.54) is 0 Å². The molecule has 1 heterocycles. The number of ketones is 1. The normalized spacial score (nSPS) is 12.4. The molecule has 2 rings (SSSR count). The van der Waals surface area contributed by atoms with Gasteiger partial charge in [-0.1, -0.05) is 55.8 Å². The Morgan fingerprint density at radius 3 is 2.52 bits per heavy atom. The Hall–Kier alpha value is -1.61. The van der Waals surface area contributed by atoms with Gasteiger partial charge in [0, 0.05) is 12.5 Å². The van der Waals surface area contributed by atoms with E-state index in [1.54, 1.807) is 0 Å². The number of rotatable bonds is 6. The molecule has 3 nitrogen and oxygen atoms in total. The fraction of sp³-hybridized carbons (Fsp3) is 0.412. The smallest absolute Gasteiger partial charge is 0.146 e. The van der Waals surface area contributed by atoms with Crippen molar-refractivity contribution in [2.45, 2.75) is 46.1 Å². The molecule has 1 aromatic heterocycles. The van der Waals surface area contributed by atoms with Crippen molar-refractivity contribution in [2.24, 2.45) is 0 Å². The highest BCUT2D eigenvalue weighted by Crippen LogP contribution is 2.25. The number of aromatic nitrogens is 2. The summed E-state index contributed by atoms with van der Waals surface area (Å²) in [5.41, 5.74) is 2.74. The van der Waals surface area contributed by atoms with Crippen LogP contribution in [0.15, 0.2) is 30.3 Å². The van der Waals surface area contributed by atoms with Crippen LogP contribution < -0.4 is 0 Å². The highest BCUT2D eigenvalue weighted by molar-refractivity contribution is 6.32. The number of hydrogen-bond donors (Lipinski definition) is 0. The molecule has 0 bridgehead atoms. The third kappa shape index (κ3) is 3.35. The predicted octanol–water partition coefficient (Wildman–Crippen LogP) is 4.03. The average Bonchev–Trinajstić information content (AvgIpc) is 2.83. The third-order valence-corrected chi connectivity index (χ3v) is 4.25. The van der Waals surface area contributed by atoms with Gasteiger partial charge in [0.1, 0.15) is 5.78 Å². The zero-order valence-electron chi connectivity index (χ0n) is 12.8. The summed E-state index contributed by atoms with van der Waals surface area (Å²) in [6.45, 7) is 6.70. The van der Waals surface area contributed by atoms with Gasteiger partial charge in [0.25, 0.3) is 0 Å². The van der Waals surface area contributed by atoms with E-state index in [2.05, 4.69) is 5.10 Å². The minimum atomic E-state index is -0.132. The van der Waals surface area contributed by atoms with Gasteiger partial charge in [-0.15, -0.1) is 0 Å². The molecule has 4 heteroatoms. The van der Waals surface area contributed by atoms with Gasteiger partial charge in [-0.2, -0.15) is 5.10 Å². The summed E-state index contributed by atoms with van der Waals surface area (Å²) < 4.78 is 1.84. The molecule has 2 aromatic rings. The van der Waals surface area contributed by atoms with Gasteiger partial charge in [0.05, 0.1) is 22.8 Å². The number of aryl methyl sites for hydroxylation is 2. The predicted molar refractivity (Wildman–Crippen MR) is 85.9 cm³/mol. The Labute approximate surface area is 130 Å². The topological polar surface area (TPSA) is 34.9 Å². The lowest BCUT2D eigenvalue weighted by atomic mass is 9.94. The van der Waals surface area contributed by atoms with Crippen LogP contribution in [0.1, 0.15) is 43.6 Å². The van der Waals surface area contributed by atoms with Gasteiger partial charge in [-0.3, -0.25) is 9.48 Å². The van der Waals surface area contributed by atoms with Gasteiger partial charge >= 0.3 is 0 Å². The molecule has 0 aliphatic heterocycles. The number of halogens is 1. The fourth-order valence-electron chi connectivity index (χ4n) is 2.43. The lowest BCUT2D eigenvalue weighted by Crippen LogP contribution is -2.15. The molecule has 112 valence electrons. The van der Waals surface area contributed by atoms with Gasteiger partial charge in [0.15, 0.2) is 0 Å². The first kappa shape index (κ1) is 15.8. The van der Waals surface area contributed by atoms with E-state index in [1.807, 2.05) is 55.8 Å². The Balaban J connectivity index is 2.22. The van der Waals surface area contributed by atoms with Gasteiger partial charge in [0.2, 0.25) is 0 Å². The van der Waals surface area contributed by atoms with Crippen LogP contribution >= 0.6 is 11.6 Å². The Morgan fingerprint density at radius 1 is 1.29 bits per heavy atom. The maximum absolute atomic E-state index is 12.5. The first-order chi connectivity index (χ1) is 10.1. The summed E-state index contributed by atoms with van der Waals surface area (Å²) in [6.07, 6.45) is 1.11. The van der Waals surface area contributed by atoms with Gasteiger partial charge < -0.3 is 0 Å². The molecular formula is C17H21ClN2O. The van der Waals surface area contributed by atoms with E-state index >= 15 is 0 Å². The summed E-state index contributed by atoms with van der Waals surface area (Å²) in [4.78, 5) is 12.5. The van der Waals surface area contributed by atoms with E-state index < -0.39 is 0 Å². The average molecular weight is 305 g/mol. The standard InChI is InChI=1S/C17H21ClN2O/c1-4-14-17(18)15(20(5-2)19-14)11-16(21)12(3)13-9-7-6-8-10-13/h6-10,12H,4-5,11H2,1-3H3. The number of benzene rings is 1. The molecule has 21 heavy (non-hydrogen) atoms. The van der Waals surface area contributed by atoms with Crippen molar-refractivity contribution in [3.05, 3.63) is 52.3 Å². The molecular weight excluding hydrogens is 284 g/mol. The van der Waals surface area contributed by atoms with Crippen molar-refractivity contribution in [3.8, 4) is 0 Å². The molecule has 1 aromatic carbocycles. The third-order valence-electron chi connectivity index (χ3n) is 3.82. The highest BCUT2D eigenvalue weighted by Gasteiger charge is 2.21. The second-order valence-electron chi connectivity index (χ2n) is 5.15. The van der Waals surface area contributed by atoms with Gasteiger partial charge in [-0.05, 0) is 18.9 Å². The Kier molecular flexibility index (Phi) is 5.18. The molecule has 0 saturated carbocycles. The summed E-state index contributed by atoms with van der Waals surface area (Å²) in [6, 6.07) is 9.84. The number of nitrogens with zero attached hydrogens (tertiary/aromatic N) is 2. The van der Waals surface area contributed by atoms with Crippen molar-refractivity contribution >= 4 is 17.4 Å². The van der Waals surface area contributed by atoms with Crippen molar-refractivity contribution in [2.75, 3.05) is 0 Å². The van der Waals surface area contributed by atoms with Crippen LogP contribution in [0.4, 0.5) is 0 Å². The Morgan fingerprint density at radius 2 is 1.95 bits per heavy atom. The van der Waals surface area contributed by atoms with E-state index in [-0.39, 0.29) is 11.7 Å². The van der Waals surface area contributed by atoms with Crippen LogP contribution in [-0.2, 0) is 24.2 Å². The van der Waals surface area contributed by atoms with Crippen LogP contribution in [0.3, 0.4) is 0 Å². The minimum Gasteiger partial charge on any atom is -0.299 e. The second kappa shape index (κ2) is 6.90. The van der Waals surface area contributed by atoms with Crippen molar-refractivity contribution < 1.29 is 4.79 Å². The van der Waals surface area contributed by atoms with Crippen LogP contribution in [-0.4, -0.2) is 15.6 Å². The molecule has 1 atom stereocenters. The molecule has 0 aliphatic carbocycles. The molecule has 0 aliphatic rings. The largest absolute Gasteiger partial charge is 0.299 e. The zero-order chi connectivity index (χ0) is 15.4. The fourth-order valence-corrected chi connectivity index (χ4v) is 2.77. The van der Waals surface area contributed by atoms with Crippen LogP contribution in [0.25, 0.3) is 0 Å². The molecule has 0 spiro atoms. The monoisotopic (exact) mass is 304 g/mol. The SMILES string of the molecule is CCc1nn(CC)c(CC(=O)C(C)c2ccccc2)c1Cl. The van der Waals surface area contributed by atoms with Crippen LogP contribution in [0.2, 0.25) is 5.02 Å². The molecule has 1 unspecified atom stereocenters. The summed E-state index contributed by atoms with van der Waals surface area (Å²) in [7, 11) is 0. The number of carbonyl (C=O) groups excluding carboxylic acids is 1. The Bertz CT molecular complexity index is 619. The number of hydrogen-bond acceptors (Lipinski definition) is 2. The quantitative estimate of drug-likeness (QED) is 0.807. The van der Waals surface area contributed by atoms with E-state index in [4.69, 9.17) is 11.6 Å². The first-order valence-corrected chi connectivity index (χ1v) is 7.77. The summed E-state index contributed by atoms with van der Waals surface area (Å²) in [5.74, 6) is 0.0351. The summed E-state index contributed by atoms with van der Waals surface area (Å²) in [5, 5.41) is 5.11. The van der Waals surface area contributed by atoms with Crippen molar-refractivity contribution in [1.82, 2.24) is 9.78 Å². The lowest BCUT2D eigenvalue weighted by Gasteiger charge is -2.11. The zero-order valence-corrected chi connectivity index (χ0v) is 13.5. The molecule has 0 saturated heterocycles. The number of Topliss-reactive ketones (excluding diaryl/α,β-unsaturated/α-hetero) is 1. The van der Waals surface area contributed by atoms with Crippen molar-refractivity contribution in [3.63, 3.8) is 0 Å². The van der Waals surface area contributed by atoms with Crippen molar-refractivity contribution in [1.29, 1.82) is 0 Å². The molecule has 0 amide bonds. The second-order valence-corrected chi connectivity index (χ2v) is 5.53. The highest BCUT2D eigenvalue weighted by atomic mass is 35.5. The summed E-state index contributed by atoms with van der Waals surface area (Å²) >= 11 is 6.37. The van der Waals surface area contributed by atoms with E-state index in [0.29, 0.717) is 11.4 Å². The van der Waals surface area contributed by atoms with Crippen LogP contribution in [0.5, 0.6) is 0 Å². The van der Waals surface area contributed by atoms with E-state index in [0.717, 1.165) is 29.9 Å². The van der Waals surface area contributed by atoms with Crippen LogP contribution in [0, 0.1) is 0 Å². The van der Waals surface area contributed by atoms with Gasteiger partial charge in [-0.25, -0.2) is 0 Å². The molecule has 0 N–H and O–H groups in total. The van der Waals surface area contributed by atoms with E-state index in [9.17, 15) is 4.79 Å². The maximum atomic E-state index is 12.5. The first-order valence-electron chi connectivity index (χ1n) is 7.40. The maximum Gasteiger partial charge on any atom is 0.146 e.